The SMILES string of the molecule is CCCCCc1ccc(C(=S)C=Cc2ccc(F)cc2)cc1. The van der Waals surface area contributed by atoms with E-state index >= 15 is 0 Å². The van der Waals surface area contributed by atoms with Crippen LogP contribution in [0.2, 0.25) is 0 Å². The largest absolute Gasteiger partial charge is 0.207 e. The summed E-state index contributed by atoms with van der Waals surface area (Å²) in [5.41, 5.74) is 3.36. The van der Waals surface area contributed by atoms with Gasteiger partial charge in [0, 0.05) is 4.86 Å². The molecule has 0 aliphatic heterocycles. The molecule has 2 rings (SSSR count). The minimum Gasteiger partial charge on any atom is -0.207 e. The van der Waals surface area contributed by atoms with Crippen LogP contribution >= 0.6 is 12.2 Å². The Labute approximate surface area is 137 Å². The van der Waals surface area contributed by atoms with Gasteiger partial charge in [-0.25, -0.2) is 4.39 Å². The molecule has 2 aromatic carbocycles. The first-order valence-electron chi connectivity index (χ1n) is 7.76. The van der Waals surface area contributed by atoms with Crippen LogP contribution in [0.4, 0.5) is 4.39 Å². The highest BCUT2D eigenvalue weighted by Crippen LogP contribution is 2.12. The Hall–Kier alpha value is -1.80. The fourth-order valence-corrected chi connectivity index (χ4v) is 2.46. The van der Waals surface area contributed by atoms with Gasteiger partial charge in [0.05, 0.1) is 0 Å². The number of allylic oxidation sites excluding steroid dienone is 1. The van der Waals surface area contributed by atoms with Gasteiger partial charge in [0.1, 0.15) is 5.82 Å². The molecule has 0 heterocycles. The second kappa shape index (κ2) is 8.60. The Balaban J connectivity index is 1.96. The minimum absolute atomic E-state index is 0.224. The zero-order valence-electron chi connectivity index (χ0n) is 12.9. The van der Waals surface area contributed by atoms with E-state index in [0.717, 1.165) is 22.4 Å². The maximum absolute atomic E-state index is 12.8. The molecule has 0 unspecified atom stereocenters. The quantitative estimate of drug-likeness (QED) is 0.262. The zero-order chi connectivity index (χ0) is 15.8. The van der Waals surface area contributed by atoms with Crippen molar-refractivity contribution in [1.29, 1.82) is 0 Å². The van der Waals surface area contributed by atoms with Crippen LogP contribution in [-0.2, 0) is 6.42 Å². The summed E-state index contributed by atoms with van der Waals surface area (Å²) in [5, 5.41) is 0. The number of rotatable bonds is 7. The van der Waals surface area contributed by atoms with E-state index < -0.39 is 0 Å². The lowest BCUT2D eigenvalue weighted by atomic mass is 10.0. The van der Waals surface area contributed by atoms with Gasteiger partial charge in [0.15, 0.2) is 0 Å². The van der Waals surface area contributed by atoms with Crippen LogP contribution in [0.25, 0.3) is 6.08 Å². The third-order valence-electron chi connectivity index (χ3n) is 3.60. The normalized spacial score (nSPS) is 11.0. The van der Waals surface area contributed by atoms with Crippen molar-refractivity contribution in [2.45, 2.75) is 32.6 Å². The molecule has 114 valence electrons. The van der Waals surface area contributed by atoms with Gasteiger partial charge in [-0.05, 0) is 47.7 Å². The first-order chi connectivity index (χ1) is 10.7. The Morgan fingerprint density at radius 2 is 1.68 bits per heavy atom. The van der Waals surface area contributed by atoms with Crippen LogP contribution in [-0.4, -0.2) is 4.86 Å². The van der Waals surface area contributed by atoms with Gasteiger partial charge in [-0.1, -0.05) is 74.5 Å². The molecular weight excluding hydrogens is 291 g/mol. The summed E-state index contributed by atoms with van der Waals surface area (Å²) in [5.74, 6) is -0.224. The van der Waals surface area contributed by atoms with Crippen molar-refractivity contribution in [2.24, 2.45) is 0 Å². The fraction of sp³-hybridized carbons (Fsp3) is 0.250. The molecular formula is C20H21FS. The highest BCUT2D eigenvalue weighted by molar-refractivity contribution is 7.81. The van der Waals surface area contributed by atoms with Gasteiger partial charge >= 0.3 is 0 Å². The Morgan fingerprint density at radius 3 is 2.32 bits per heavy atom. The van der Waals surface area contributed by atoms with Crippen molar-refractivity contribution in [3.8, 4) is 0 Å². The maximum atomic E-state index is 12.8. The molecule has 0 aliphatic carbocycles. The predicted octanol–water partition coefficient (Wildman–Crippen LogP) is 5.99. The summed E-state index contributed by atoms with van der Waals surface area (Å²) in [6.07, 6.45) is 8.71. The molecule has 0 nitrogen and oxygen atoms in total. The molecule has 22 heavy (non-hydrogen) atoms. The summed E-state index contributed by atoms with van der Waals surface area (Å²) in [6, 6.07) is 14.9. The van der Waals surface area contributed by atoms with Gasteiger partial charge in [-0.2, -0.15) is 0 Å². The Bertz CT molecular complexity index is 624. The molecule has 0 spiro atoms. The molecule has 2 heteroatoms. The molecule has 0 bridgehead atoms. The average Bonchev–Trinajstić information content (AvgIpc) is 2.55. The van der Waals surface area contributed by atoms with E-state index in [2.05, 4.69) is 31.2 Å². The number of hydrogen-bond donors (Lipinski definition) is 0. The highest BCUT2D eigenvalue weighted by atomic mass is 32.1. The van der Waals surface area contributed by atoms with E-state index in [9.17, 15) is 4.39 Å². The van der Waals surface area contributed by atoms with Crippen molar-refractivity contribution < 1.29 is 4.39 Å². The van der Waals surface area contributed by atoms with Gasteiger partial charge in [0.2, 0.25) is 0 Å². The lowest BCUT2D eigenvalue weighted by Gasteiger charge is -2.03. The van der Waals surface area contributed by atoms with Gasteiger partial charge < -0.3 is 0 Å². The van der Waals surface area contributed by atoms with E-state index in [-0.39, 0.29) is 5.82 Å². The van der Waals surface area contributed by atoms with Crippen LogP contribution in [0.15, 0.2) is 54.6 Å². The van der Waals surface area contributed by atoms with Crippen molar-refractivity contribution in [2.75, 3.05) is 0 Å². The van der Waals surface area contributed by atoms with Crippen LogP contribution in [0, 0.1) is 5.82 Å². The standard InChI is InChI=1S/C20H21FS/c1-2-3-4-5-16-6-11-18(12-7-16)20(22)15-10-17-8-13-19(21)14-9-17/h6-15H,2-5H2,1H3. The van der Waals surface area contributed by atoms with E-state index in [4.69, 9.17) is 12.2 Å². The van der Waals surface area contributed by atoms with Crippen LogP contribution in [0.3, 0.4) is 0 Å². The minimum atomic E-state index is -0.224. The summed E-state index contributed by atoms with van der Waals surface area (Å²) in [6.45, 7) is 2.22. The molecule has 0 atom stereocenters. The van der Waals surface area contributed by atoms with Gasteiger partial charge in [-0.3, -0.25) is 0 Å². The number of hydrogen-bond acceptors (Lipinski definition) is 1. The topological polar surface area (TPSA) is 0 Å². The highest BCUT2D eigenvalue weighted by Gasteiger charge is 1.99. The van der Waals surface area contributed by atoms with Gasteiger partial charge in [0.25, 0.3) is 0 Å². The fourth-order valence-electron chi connectivity index (χ4n) is 2.26. The molecule has 0 radical (unpaired) electrons. The summed E-state index contributed by atoms with van der Waals surface area (Å²) >= 11 is 5.43. The summed E-state index contributed by atoms with van der Waals surface area (Å²) in [7, 11) is 0. The number of halogens is 1. The second-order valence-corrected chi connectivity index (χ2v) is 5.84. The molecule has 0 aromatic heterocycles. The van der Waals surface area contributed by atoms with Crippen LogP contribution in [0.5, 0.6) is 0 Å². The van der Waals surface area contributed by atoms with E-state index in [1.807, 2.05) is 12.2 Å². The Morgan fingerprint density at radius 1 is 1.00 bits per heavy atom. The monoisotopic (exact) mass is 312 g/mol. The smallest absolute Gasteiger partial charge is 0.123 e. The molecule has 0 aliphatic rings. The molecule has 0 N–H and O–H groups in total. The van der Waals surface area contributed by atoms with Crippen molar-refractivity contribution >= 4 is 23.2 Å². The molecule has 0 amide bonds. The van der Waals surface area contributed by atoms with Gasteiger partial charge in [-0.15, -0.1) is 0 Å². The first-order valence-corrected chi connectivity index (χ1v) is 8.17. The van der Waals surface area contributed by atoms with E-state index in [1.165, 1.54) is 37.0 Å². The average molecular weight is 312 g/mol. The Kier molecular flexibility index (Phi) is 6.47. The first kappa shape index (κ1) is 16.6. The molecule has 0 fully saturated rings. The lowest BCUT2D eigenvalue weighted by Crippen LogP contribution is -1.93. The van der Waals surface area contributed by atoms with E-state index in [0.29, 0.717) is 0 Å². The maximum Gasteiger partial charge on any atom is 0.123 e. The number of thiocarbonyl (C=S) groups is 1. The second-order valence-electron chi connectivity index (χ2n) is 5.40. The van der Waals surface area contributed by atoms with Crippen molar-refractivity contribution in [3.63, 3.8) is 0 Å². The molecule has 2 aromatic rings. The molecule has 0 saturated carbocycles. The predicted molar refractivity (Wildman–Crippen MR) is 96.8 cm³/mol. The zero-order valence-corrected chi connectivity index (χ0v) is 13.7. The third-order valence-corrected chi connectivity index (χ3v) is 3.98. The summed E-state index contributed by atoms with van der Waals surface area (Å²) < 4.78 is 12.8. The summed E-state index contributed by atoms with van der Waals surface area (Å²) in [4.78, 5) is 0.796. The number of benzene rings is 2. The lowest BCUT2D eigenvalue weighted by molar-refractivity contribution is 0.628. The van der Waals surface area contributed by atoms with Crippen LogP contribution < -0.4 is 0 Å². The third kappa shape index (κ3) is 5.19. The van der Waals surface area contributed by atoms with E-state index in [1.54, 1.807) is 12.1 Å². The van der Waals surface area contributed by atoms with Crippen molar-refractivity contribution in [1.82, 2.24) is 0 Å². The van der Waals surface area contributed by atoms with Crippen molar-refractivity contribution in [3.05, 3.63) is 77.1 Å². The van der Waals surface area contributed by atoms with Crippen LogP contribution in [0.1, 0.15) is 42.9 Å². The number of unbranched alkanes of at least 4 members (excludes halogenated alkanes) is 2. The molecule has 0 saturated heterocycles. The number of aryl methyl sites for hydroxylation is 1.